The fraction of sp³-hybridized carbons (Fsp3) is 0.220. The lowest BCUT2D eigenvalue weighted by Crippen LogP contribution is -2.41. The van der Waals surface area contributed by atoms with Crippen molar-refractivity contribution in [3.8, 4) is 22.6 Å². The molecule has 324 valence electrons. The maximum absolute atomic E-state index is 13.6. The van der Waals surface area contributed by atoms with Gasteiger partial charge in [-0.15, -0.1) is 0 Å². The van der Waals surface area contributed by atoms with Gasteiger partial charge in [0.1, 0.15) is 54.4 Å². The van der Waals surface area contributed by atoms with Crippen molar-refractivity contribution in [2.45, 2.75) is 38.3 Å². The molecule has 1 saturated heterocycles. The number of halogens is 2. The lowest BCUT2D eigenvalue weighted by atomic mass is 10.0. The maximum atomic E-state index is 13.6. The second kappa shape index (κ2) is 19.6. The molecule has 3 aromatic heterocycles. The van der Waals surface area contributed by atoms with Crippen LogP contribution in [0.3, 0.4) is 0 Å². The van der Waals surface area contributed by atoms with E-state index in [1.807, 2.05) is 83.6 Å². The van der Waals surface area contributed by atoms with E-state index in [4.69, 9.17) is 35.5 Å². The number of benzene rings is 5. The minimum atomic E-state index is -0.478. The molecular weight excluding hydrogens is 835 g/mol. The van der Waals surface area contributed by atoms with E-state index < -0.39 is 6.04 Å². The van der Waals surface area contributed by atoms with Crippen LogP contribution in [0, 0.1) is 5.82 Å². The fourth-order valence-electron chi connectivity index (χ4n) is 7.92. The Labute approximate surface area is 373 Å². The highest BCUT2D eigenvalue weighted by Gasteiger charge is 2.31. The molecule has 1 aliphatic heterocycles. The molecule has 0 saturated carbocycles. The number of anilines is 2. The molecule has 2 N–H and O–H groups in total. The van der Waals surface area contributed by atoms with Crippen LogP contribution < -0.4 is 20.1 Å². The lowest BCUT2D eigenvalue weighted by Gasteiger charge is -2.23. The first kappa shape index (κ1) is 42.4. The van der Waals surface area contributed by atoms with E-state index in [1.54, 1.807) is 24.3 Å². The molecule has 64 heavy (non-hydrogen) atoms. The van der Waals surface area contributed by atoms with Gasteiger partial charge in [-0.1, -0.05) is 60.1 Å². The van der Waals surface area contributed by atoms with Gasteiger partial charge in [0.2, 0.25) is 11.8 Å². The van der Waals surface area contributed by atoms with Crippen molar-refractivity contribution in [1.82, 2.24) is 24.8 Å². The molecule has 12 nitrogen and oxygen atoms in total. The molecule has 9 rings (SSSR count). The summed E-state index contributed by atoms with van der Waals surface area (Å²) in [6.07, 6.45) is 5.76. The summed E-state index contributed by atoms with van der Waals surface area (Å²) in [6.45, 7) is 2.55. The summed E-state index contributed by atoms with van der Waals surface area (Å²) in [5.74, 6) is 1.02. The third kappa shape index (κ3) is 9.82. The number of aromatic nitrogens is 4. The van der Waals surface area contributed by atoms with E-state index in [9.17, 15) is 14.0 Å². The summed E-state index contributed by atoms with van der Waals surface area (Å²) < 4.78 is 38.9. The molecule has 0 spiro atoms. The first-order chi connectivity index (χ1) is 31.4. The molecule has 0 bridgehead atoms. The summed E-state index contributed by atoms with van der Waals surface area (Å²) in [7, 11) is 0. The number of fused-ring (bicyclic) bond motifs is 4. The molecule has 14 heteroatoms. The number of imide groups is 1. The molecule has 0 aliphatic carbocycles. The van der Waals surface area contributed by atoms with Crippen molar-refractivity contribution < 1.29 is 32.9 Å². The molecule has 0 radical (unpaired) electrons. The Balaban J connectivity index is 0.705. The average Bonchev–Trinajstić information content (AvgIpc) is 3.63. The van der Waals surface area contributed by atoms with Gasteiger partial charge in [0, 0.05) is 41.1 Å². The van der Waals surface area contributed by atoms with Crippen LogP contribution >= 0.6 is 11.6 Å². The second-order valence-electron chi connectivity index (χ2n) is 15.4. The number of amides is 2. The number of piperidine rings is 1. The first-order valence-corrected chi connectivity index (χ1v) is 21.5. The van der Waals surface area contributed by atoms with Gasteiger partial charge in [-0.3, -0.25) is 14.9 Å². The number of hydrogen-bond acceptors (Lipinski definition) is 10. The van der Waals surface area contributed by atoms with Gasteiger partial charge in [-0.2, -0.15) is 0 Å². The summed E-state index contributed by atoms with van der Waals surface area (Å²) in [4.78, 5) is 38.3. The van der Waals surface area contributed by atoms with E-state index in [1.165, 1.54) is 18.5 Å². The molecule has 1 aliphatic rings. The molecule has 1 fully saturated rings. The zero-order chi connectivity index (χ0) is 43.8. The van der Waals surface area contributed by atoms with E-state index in [-0.39, 0.29) is 24.2 Å². The highest BCUT2D eigenvalue weighted by Crippen LogP contribution is 2.35. The summed E-state index contributed by atoms with van der Waals surface area (Å²) in [5.41, 5.74) is 6.99. The first-order valence-electron chi connectivity index (χ1n) is 21.1. The zero-order valence-electron chi connectivity index (χ0n) is 34.8. The van der Waals surface area contributed by atoms with Gasteiger partial charge >= 0.3 is 0 Å². The summed E-state index contributed by atoms with van der Waals surface area (Å²) >= 11 is 6.56. The number of rotatable bonds is 18. The van der Waals surface area contributed by atoms with Gasteiger partial charge in [0.05, 0.1) is 35.9 Å². The van der Waals surface area contributed by atoms with Gasteiger partial charge in [0.15, 0.2) is 0 Å². The number of carbonyl (C=O) groups is 2. The number of hydrogen-bond donors (Lipinski definition) is 2. The van der Waals surface area contributed by atoms with Crippen molar-refractivity contribution >= 4 is 67.8 Å². The standard InChI is InChI=1S/C50H44ClFN6O6/c51-42-28-37(13-18-46(42)64-30-33-5-3-7-36(52)25-33)56-48-41-27-35(12-16-43(41)54-31-55-48)34-10-14-38(15-11-34)63-24-23-62-22-21-61-20-4-6-32-26-40-39-8-1-2-9-44(39)58(49(40)53-29-32)45-17-19-47(59)57-50(45)60/h1-3,5,7-16,18,25-29,31,45H,4,6,17,19-24,30H2,(H,54,55,56)(H,57,59,60). The Morgan fingerprint density at radius 3 is 2.42 bits per heavy atom. The summed E-state index contributed by atoms with van der Waals surface area (Å²) in [5, 5.41) is 9.12. The second-order valence-corrected chi connectivity index (χ2v) is 15.8. The Kier molecular flexibility index (Phi) is 13.0. The fourth-order valence-corrected chi connectivity index (χ4v) is 8.15. The predicted octanol–water partition coefficient (Wildman–Crippen LogP) is 9.94. The van der Waals surface area contributed by atoms with Gasteiger partial charge in [-0.25, -0.2) is 19.3 Å². The van der Waals surface area contributed by atoms with Gasteiger partial charge < -0.3 is 28.8 Å². The third-order valence-corrected chi connectivity index (χ3v) is 11.3. The van der Waals surface area contributed by atoms with Crippen LogP contribution in [0.15, 0.2) is 128 Å². The number of nitrogens with zero attached hydrogens (tertiary/aromatic N) is 4. The quantitative estimate of drug-likeness (QED) is 0.0633. The van der Waals surface area contributed by atoms with E-state index >= 15 is 0 Å². The average molecular weight is 879 g/mol. The van der Waals surface area contributed by atoms with E-state index in [2.05, 4.69) is 26.7 Å². The number of aryl methyl sites for hydroxylation is 1. The number of pyridine rings is 1. The molecule has 2 amide bonds. The van der Waals surface area contributed by atoms with E-state index in [0.29, 0.717) is 68.0 Å². The third-order valence-electron chi connectivity index (χ3n) is 11.1. The van der Waals surface area contributed by atoms with Crippen molar-refractivity contribution in [3.63, 3.8) is 0 Å². The number of nitrogens with one attached hydrogen (secondary N) is 2. The lowest BCUT2D eigenvalue weighted by molar-refractivity contribution is -0.135. The van der Waals surface area contributed by atoms with Gasteiger partial charge in [-0.05, 0) is 108 Å². The Morgan fingerprint density at radius 2 is 1.58 bits per heavy atom. The SMILES string of the molecule is O=C1CCC(n2c3ccccc3c3cc(CCCOCCOCCOc4ccc(-c5ccc6ncnc(Nc7ccc(OCc8cccc(F)c8)c(Cl)c7)c6c5)cc4)cnc32)C(=O)N1. The molecule has 8 aromatic rings. The van der Waals surface area contributed by atoms with Crippen LogP contribution in [-0.2, 0) is 32.1 Å². The van der Waals surface area contributed by atoms with Crippen LogP contribution in [0.5, 0.6) is 11.5 Å². The van der Waals surface area contributed by atoms with Crippen molar-refractivity contribution in [3.05, 3.63) is 150 Å². The van der Waals surface area contributed by atoms with Crippen molar-refractivity contribution in [2.24, 2.45) is 0 Å². The minimum Gasteiger partial charge on any atom is -0.491 e. The van der Waals surface area contributed by atoms with Crippen LogP contribution in [0.2, 0.25) is 5.02 Å². The highest BCUT2D eigenvalue weighted by molar-refractivity contribution is 6.32. The Morgan fingerprint density at radius 1 is 0.750 bits per heavy atom. The Hall–Kier alpha value is -6.93. The van der Waals surface area contributed by atoms with Crippen LogP contribution in [0.25, 0.3) is 44.0 Å². The zero-order valence-corrected chi connectivity index (χ0v) is 35.5. The van der Waals surface area contributed by atoms with Gasteiger partial charge in [0.25, 0.3) is 0 Å². The number of ether oxygens (including phenoxy) is 4. The highest BCUT2D eigenvalue weighted by atomic mass is 35.5. The van der Waals surface area contributed by atoms with E-state index in [0.717, 1.165) is 73.8 Å². The largest absolute Gasteiger partial charge is 0.491 e. The van der Waals surface area contributed by atoms with Crippen molar-refractivity contribution in [2.75, 3.05) is 38.4 Å². The number of carbonyl (C=O) groups excluding carboxylic acids is 2. The number of para-hydroxylation sites is 1. The monoisotopic (exact) mass is 878 g/mol. The smallest absolute Gasteiger partial charge is 0.249 e. The van der Waals surface area contributed by atoms with Crippen LogP contribution in [-0.4, -0.2) is 64.4 Å². The Bertz CT molecular complexity index is 2960. The molecule has 1 atom stereocenters. The minimum absolute atomic E-state index is 0.192. The molecular formula is C50H44ClFN6O6. The molecule has 4 heterocycles. The van der Waals surface area contributed by atoms with Crippen LogP contribution in [0.4, 0.5) is 15.9 Å². The predicted molar refractivity (Wildman–Crippen MR) is 245 cm³/mol. The molecule has 1 unspecified atom stereocenters. The van der Waals surface area contributed by atoms with Crippen molar-refractivity contribution in [1.29, 1.82) is 0 Å². The topological polar surface area (TPSA) is 139 Å². The van der Waals surface area contributed by atoms with Crippen LogP contribution in [0.1, 0.15) is 36.4 Å². The normalized spacial score (nSPS) is 14.0. The summed E-state index contributed by atoms with van der Waals surface area (Å²) in [6, 6.07) is 35.2. The maximum Gasteiger partial charge on any atom is 0.249 e. The molecule has 5 aromatic carbocycles.